The average molecular weight is 379 g/mol. The van der Waals surface area contributed by atoms with Gasteiger partial charge in [-0.25, -0.2) is 13.1 Å². The Morgan fingerprint density at radius 3 is 2.67 bits per heavy atom. The predicted octanol–water partition coefficient (Wildman–Crippen LogP) is 3.89. The first-order valence-corrected chi connectivity index (χ1v) is 10.9. The number of thiophene rings is 1. The number of nitrogens with zero attached hydrogens (tertiary/aromatic N) is 1. The number of rotatable bonds is 8. The molecule has 1 aromatic carbocycles. The molecule has 0 saturated carbocycles. The van der Waals surface area contributed by atoms with Crippen molar-refractivity contribution >= 4 is 39.2 Å². The largest absolute Gasteiger partial charge is 0.250 e. The maximum atomic E-state index is 12.3. The summed E-state index contributed by atoms with van der Waals surface area (Å²) >= 11 is 3.05. The van der Waals surface area contributed by atoms with Crippen molar-refractivity contribution in [1.82, 2.24) is 4.72 Å². The summed E-state index contributed by atoms with van der Waals surface area (Å²) in [7, 11) is -3.77. The van der Waals surface area contributed by atoms with Crippen molar-refractivity contribution in [2.75, 3.05) is 12.8 Å². The summed E-state index contributed by atoms with van der Waals surface area (Å²) in [6.07, 6.45) is 4.84. The number of allylic oxidation sites excluding steroid dienone is 1. The Kier molecular flexibility index (Phi) is 7.06. The molecule has 0 aliphatic carbocycles. The van der Waals surface area contributed by atoms with Crippen LogP contribution in [0.25, 0.3) is 6.08 Å². The lowest BCUT2D eigenvalue weighted by Gasteiger charge is -2.05. The summed E-state index contributed by atoms with van der Waals surface area (Å²) in [6.45, 7) is 0.302. The quantitative estimate of drug-likeness (QED) is 0.430. The van der Waals surface area contributed by atoms with Gasteiger partial charge in [-0.05, 0) is 42.9 Å². The minimum atomic E-state index is -3.77. The predicted molar refractivity (Wildman–Crippen MR) is 101 cm³/mol. The fraction of sp³-hybridized carbons (Fsp3) is 0.235. The van der Waals surface area contributed by atoms with Crippen LogP contribution in [-0.4, -0.2) is 21.2 Å². The monoisotopic (exact) mass is 378 g/mol. The van der Waals surface area contributed by atoms with Gasteiger partial charge in [0, 0.05) is 11.4 Å². The molecule has 7 heteroatoms. The van der Waals surface area contributed by atoms with Gasteiger partial charge in [0.2, 0.25) is 0 Å². The molecule has 0 saturated heterocycles. The molecule has 0 atom stereocenters. The van der Waals surface area contributed by atoms with Gasteiger partial charge in [-0.3, -0.25) is 0 Å². The fourth-order valence-electron chi connectivity index (χ4n) is 2.04. The van der Waals surface area contributed by atoms with Crippen molar-refractivity contribution in [2.24, 2.45) is 0 Å². The Balaban J connectivity index is 1.95. The molecule has 0 fully saturated rings. The van der Waals surface area contributed by atoms with E-state index >= 15 is 0 Å². The van der Waals surface area contributed by atoms with Crippen molar-refractivity contribution < 1.29 is 8.42 Å². The van der Waals surface area contributed by atoms with Crippen LogP contribution in [-0.2, 0) is 16.4 Å². The molecule has 0 aliphatic rings. The first-order valence-electron chi connectivity index (χ1n) is 7.34. The van der Waals surface area contributed by atoms with Crippen molar-refractivity contribution in [2.45, 2.75) is 17.1 Å². The van der Waals surface area contributed by atoms with Gasteiger partial charge in [-0.1, -0.05) is 30.3 Å². The third-order valence-electron chi connectivity index (χ3n) is 3.25. The first kappa shape index (κ1) is 18.7. The Morgan fingerprint density at radius 2 is 2.04 bits per heavy atom. The maximum Gasteiger partial charge on any atom is 0.250 e. The lowest BCUT2D eigenvalue weighted by Crippen LogP contribution is -2.26. The number of benzene rings is 1. The van der Waals surface area contributed by atoms with Crippen LogP contribution in [0, 0.1) is 11.3 Å². The first-order chi connectivity index (χ1) is 11.5. The van der Waals surface area contributed by atoms with Crippen molar-refractivity contribution in [3.63, 3.8) is 0 Å². The average Bonchev–Trinajstić information content (AvgIpc) is 3.05. The van der Waals surface area contributed by atoms with Gasteiger partial charge in [-0.2, -0.15) is 5.26 Å². The molecule has 0 bridgehead atoms. The van der Waals surface area contributed by atoms with Gasteiger partial charge in [0.05, 0.1) is 4.21 Å². The third-order valence-corrected chi connectivity index (χ3v) is 6.74. The van der Waals surface area contributed by atoms with E-state index in [1.165, 1.54) is 17.4 Å². The Morgan fingerprint density at radius 1 is 1.29 bits per heavy atom. The Hall–Kier alpha value is -1.59. The van der Waals surface area contributed by atoms with Crippen LogP contribution in [0.1, 0.15) is 16.9 Å². The van der Waals surface area contributed by atoms with E-state index in [0.29, 0.717) is 13.0 Å². The van der Waals surface area contributed by atoms with E-state index in [-0.39, 0.29) is 4.91 Å². The van der Waals surface area contributed by atoms with Gasteiger partial charge in [0.15, 0.2) is 4.91 Å². The minimum absolute atomic E-state index is 0.253. The van der Waals surface area contributed by atoms with Crippen molar-refractivity contribution in [3.8, 4) is 6.07 Å². The highest BCUT2D eigenvalue weighted by atomic mass is 32.2. The summed E-state index contributed by atoms with van der Waals surface area (Å²) < 4.78 is 28.1. The zero-order valence-electron chi connectivity index (χ0n) is 13.2. The van der Waals surface area contributed by atoms with Crippen molar-refractivity contribution in [1.29, 1.82) is 5.26 Å². The fourth-order valence-corrected chi connectivity index (χ4v) is 4.60. The molecular weight excluding hydrogens is 360 g/mol. The highest BCUT2D eigenvalue weighted by Gasteiger charge is 2.17. The molecule has 4 nitrogen and oxygen atoms in total. The zero-order chi connectivity index (χ0) is 17.4. The third kappa shape index (κ3) is 5.49. The molecule has 2 aromatic rings. The number of nitrogens with one attached hydrogen (secondary N) is 1. The highest BCUT2D eigenvalue weighted by Crippen LogP contribution is 2.27. The molecular formula is C17H18N2O2S3. The van der Waals surface area contributed by atoms with E-state index in [1.807, 2.05) is 48.7 Å². The van der Waals surface area contributed by atoms with E-state index in [0.717, 1.165) is 21.1 Å². The second-order valence-electron chi connectivity index (χ2n) is 4.97. The van der Waals surface area contributed by atoms with E-state index in [9.17, 15) is 13.7 Å². The number of nitriles is 1. The van der Waals surface area contributed by atoms with E-state index in [4.69, 9.17) is 0 Å². The molecule has 24 heavy (non-hydrogen) atoms. The summed E-state index contributed by atoms with van der Waals surface area (Å²) in [5.41, 5.74) is 1.16. The normalized spacial score (nSPS) is 12.1. The summed E-state index contributed by atoms with van der Waals surface area (Å²) in [6, 6.07) is 15.4. The van der Waals surface area contributed by atoms with E-state index < -0.39 is 10.0 Å². The maximum absolute atomic E-state index is 12.3. The van der Waals surface area contributed by atoms with Gasteiger partial charge in [0.1, 0.15) is 6.07 Å². The van der Waals surface area contributed by atoms with Crippen molar-refractivity contribution in [3.05, 3.63) is 57.8 Å². The molecule has 0 amide bonds. The van der Waals surface area contributed by atoms with Crippen LogP contribution in [0.4, 0.5) is 0 Å². The Labute approximate surface area is 151 Å². The smallest absolute Gasteiger partial charge is 0.211 e. The van der Waals surface area contributed by atoms with Crippen LogP contribution in [0.5, 0.6) is 0 Å². The Bertz CT molecular complexity index is 834. The lowest BCUT2D eigenvalue weighted by molar-refractivity contribution is 0.587. The van der Waals surface area contributed by atoms with Gasteiger partial charge in [-0.15, -0.1) is 23.1 Å². The molecule has 1 aromatic heterocycles. The summed E-state index contributed by atoms with van der Waals surface area (Å²) in [4.78, 5) is 0.502. The SMILES string of the molecule is CSc1ccc(/C=C(/C#N)S(=O)(=O)NCCCc2ccccc2)s1. The summed E-state index contributed by atoms with van der Waals surface area (Å²) in [5, 5.41) is 9.18. The van der Waals surface area contributed by atoms with Gasteiger partial charge < -0.3 is 0 Å². The minimum Gasteiger partial charge on any atom is -0.211 e. The molecule has 0 unspecified atom stereocenters. The van der Waals surface area contributed by atoms with E-state index in [1.54, 1.807) is 17.8 Å². The topological polar surface area (TPSA) is 70.0 Å². The van der Waals surface area contributed by atoms with Crippen LogP contribution < -0.4 is 4.72 Å². The number of hydrogen-bond acceptors (Lipinski definition) is 5. The molecule has 0 radical (unpaired) electrons. The standard InChI is InChI=1S/C17H18N2O2S3/c1-22-17-10-9-15(23-17)12-16(13-18)24(20,21)19-11-5-8-14-6-3-2-4-7-14/h2-4,6-7,9-10,12,19H,5,8,11H2,1H3/b16-12-. The highest BCUT2D eigenvalue weighted by molar-refractivity contribution is 8.00. The second-order valence-corrected chi connectivity index (χ2v) is 8.93. The van der Waals surface area contributed by atoms with Gasteiger partial charge in [0.25, 0.3) is 10.0 Å². The molecule has 126 valence electrons. The summed E-state index contributed by atoms with van der Waals surface area (Å²) in [5.74, 6) is 0. The molecule has 1 heterocycles. The van der Waals surface area contributed by atoms with E-state index in [2.05, 4.69) is 4.72 Å². The number of sulfonamides is 1. The number of thioether (sulfide) groups is 1. The van der Waals surface area contributed by atoms with Crippen LogP contribution in [0.15, 0.2) is 51.6 Å². The molecule has 2 rings (SSSR count). The second kappa shape index (κ2) is 9.04. The molecule has 1 N–H and O–H groups in total. The molecule has 0 spiro atoms. The number of aryl methyl sites for hydroxylation is 1. The number of hydrogen-bond donors (Lipinski definition) is 1. The van der Waals surface area contributed by atoms with Crippen LogP contribution in [0.3, 0.4) is 0 Å². The molecule has 0 aliphatic heterocycles. The van der Waals surface area contributed by atoms with Gasteiger partial charge >= 0.3 is 0 Å². The van der Waals surface area contributed by atoms with Crippen LogP contribution >= 0.6 is 23.1 Å². The zero-order valence-corrected chi connectivity index (χ0v) is 15.7. The lowest BCUT2D eigenvalue weighted by atomic mass is 10.1. The van der Waals surface area contributed by atoms with Crippen LogP contribution in [0.2, 0.25) is 0 Å².